The Balaban J connectivity index is 2.35. The molecular weight excluding hydrogens is 342 g/mol. The van der Waals surface area contributed by atoms with Crippen molar-refractivity contribution in [3.8, 4) is 0 Å². The van der Waals surface area contributed by atoms with Crippen molar-refractivity contribution in [3.63, 3.8) is 0 Å². The fourth-order valence-corrected chi connectivity index (χ4v) is 3.18. The van der Waals surface area contributed by atoms with Crippen LogP contribution in [-0.2, 0) is 4.79 Å². The van der Waals surface area contributed by atoms with Gasteiger partial charge < -0.3 is 15.5 Å². The van der Waals surface area contributed by atoms with Gasteiger partial charge >= 0.3 is 0 Å². The Morgan fingerprint density at radius 3 is 2.82 bits per heavy atom. The monoisotopic (exact) mass is 365 g/mol. The van der Waals surface area contributed by atoms with Crippen molar-refractivity contribution in [1.82, 2.24) is 9.80 Å². The molecule has 4 nitrogen and oxygen atoms in total. The molecule has 1 fully saturated rings. The highest BCUT2D eigenvalue weighted by Gasteiger charge is 2.36. The number of nitrogens with two attached hydrogens (primary N) is 1. The number of amides is 1. The van der Waals surface area contributed by atoms with Crippen LogP contribution in [0.2, 0.25) is 0 Å². The van der Waals surface area contributed by atoms with E-state index in [4.69, 9.17) is 5.73 Å². The number of hydrogen-bond acceptors (Lipinski definition) is 3. The molecular formula is C17H24BrN3O. The van der Waals surface area contributed by atoms with E-state index >= 15 is 0 Å². The predicted molar refractivity (Wildman–Crippen MR) is 93.0 cm³/mol. The van der Waals surface area contributed by atoms with E-state index in [-0.39, 0.29) is 11.9 Å². The summed E-state index contributed by atoms with van der Waals surface area (Å²) in [5.41, 5.74) is 7.74. The molecule has 1 aliphatic heterocycles. The molecule has 2 rings (SSSR count). The van der Waals surface area contributed by atoms with Crippen LogP contribution in [0.1, 0.15) is 31.9 Å². The lowest BCUT2D eigenvalue weighted by Crippen LogP contribution is -2.50. The Kier molecular flexibility index (Phi) is 5.51. The fourth-order valence-electron chi connectivity index (χ4n) is 2.76. The van der Waals surface area contributed by atoms with Crippen LogP contribution in [0.5, 0.6) is 0 Å². The molecule has 0 spiro atoms. The predicted octanol–water partition coefficient (Wildman–Crippen LogP) is 3.11. The van der Waals surface area contributed by atoms with E-state index in [1.807, 2.05) is 41.1 Å². The second kappa shape index (κ2) is 7.18. The molecule has 1 aromatic rings. The van der Waals surface area contributed by atoms with Crippen molar-refractivity contribution >= 4 is 21.8 Å². The third-order valence-electron chi connectivity index (χ3n) is 4.32. The summed E-state index contributed by atoms with van der Waals surface area (Å²) in [7, 11) is 1.93. The standard InChI is InChI=1S/C17H24BrN3O/c1-4-12(2)10-21-11-15(9-19)20(3)16(17(21)22)13-6-5-7-14(18)8-13/h5-9,12,16H,4,10-11,19H2,1-3H3/b15-9-. The third-order valence-corrected chi connectivity index (χ3v) is 4.82. The van der Waals surface area contributed by atoms with Crippen LogP contribution >= 0.6 is 15.9 Å². The van der Waals surface area contributed by atoms with E-state index in [1.54, 1.807) is 6.20 Å². The lowest BCUT2D eigenvalue weighted by Gasteiger charge is -2.42. The summed E-state index contributed by atoms with van der Waals surface area (Å²) in [6, 6.07) is 7.60. The van der Waals surface area contributed by atoms with E-state index in [2.05, 4.69) is 29.8 Å². The minimum absolute atomic E-state index is 0.145. The minimum Gasteiger partial charge on any atom is -0.403 e. The van der Waals surface area contributed by atoms with Crippen LogP contribution in [0.15, 0.2) is 40.6 Å². The molecule has 1 aromatic carbocycles. The van der Waals surface area contributed by atoms with Gasteiger partial charge in [-0.1, -0.05) is 48.3 Å². The molecule has 0 radical (unpaired) electrons. The Morgan fingerprint density at radius 2 is 2.23 bits per heavy atom. The molecule has 22 heavy (non-hydrogen) atoms. The van der Waals surface area contributed by atoms with E-state index in [1.165, 1.54) is 0 Å². The Morgan fingerprint density at radius 1 is 1.50 bits per heavy atom. The maximum atomic E-state index is 13.0. The van der Waals surface area contributed by atoms with Gasteiger partial charge in [-0.25, -0.2) is 0 Å². The van der Waals surface area contributed by atoms with Gasteiger partial charge in [0.05, 0.1) is 6.54 Å². The largest absolute Gasteiger partial charge is 0.403 e. The van der Waals surface area contributed by atoms with Crippen molar-refractivity contribution < 1.29 is 4.79 Å². The highest BCUT2D eigenvalue weighted by atomic mass is 79.9. The molecule has 1 saturated heterocycles. The molecule has 2 atom stereocenters. The molecule has 1 amide bonds. The lowest BCUT2D eigenvalue weighted by molar-refractivity contribution is -0.139. The summed E-state index contributed by atoms with van der Waals surface area (Å²) in [4.78, 5) is 16.9. The van der Waals surface area contributed by atoms with Crippen LogP contribution in [0.25, 0.3) is 0 Å². The van der Waals surface area contributed by atoms with Crippen molar-refractivity contribution in [2.24, 2.45) is 11.7 Å². The van der Waals surface area contributed by atoms with Crippen LogP contribution in [0.4, 0.5) is 0 Å². The molecule has 120 valence electrons. The van der Waals surface area contributed by atoms with Gasteiger partial charge in [-0.15, -0.1) is 0 Å². The SMILES string of the molecule is CCC(C)CN1C/C(=C/N)N(C)C(c2cccc(Br)c2)C1=O. The summed E-state index contributed by atoms with van der Waals surface area (Å²) in [5, 5.41) is 0. The maximum absolute atomic E-state index is 13.0. The average molecular weight is 366 g/mol. The Labute approximate surface area is 141 Å². The van der Waals surface area contributed by atoms with Gasteiger partial charge in [-0.3, -0.25) is 4.79 Å². The smallest absolute Gasteiger partial charge is 0.250 e. The summed E-state index contributed by atoms with van der Waals surface area (Å²) in [5.74, 6) is 0.626. The lowest BCUT2D eigenvalue weighted by atomic mass is 9.99. The highest BCUT2D eigenvalue weighted by molar-refractivity contribution is 9.10. The Bertz CT molecular complexity index is 573. The van der Waals surface area contributed by atoms with E-state index in [9.17, 15) is 4.79 Å². The number of halogens is 1. The molecule has 0 bridgehead atoms. The van der Waals surface area contributed by atoms with Gasteiger partial charge in [-0.05, 0) is 23.6 Å². The summed E-state index contributed by atoms with van der Waals surface area (Å²) in [6.45, 7) is 5.67. The molecule has 5 heteroatoms. The third kappa shape index (κ3) is 3.46. The van der Waals surface area contributed by atoms with Crippen molar-refractivity contribution in [3.05, 3.63) is 46.2 Å². The topological polar surface area (TPSA) is 49.6 Å². The molecule has 2 N–H and O–H groups in total. The van der Waals surface area contributed by atoms with Crippen molar-refractivity contribution in [1.29, 1.82) is 0 Å². The van der Waals surface area contributed by atoms with Gasteiger partial charge in [0.2, 0.25) is 5.91 Å². The number of carbonyl (C=O) groups excluding carboxylic acids is 1. The van der Waals surface area contributed by atoms with E-state index in [0.29, 0.717) is 12.5 Å². The number of benzene rings is 1. The second-order valence-electron chi connectivity index (χ2n) is 5.96. The first-order valence-corrected chi connectivity index (χ1v) is 8.45. The zero-order valence-electron chi connectivity index (χ0n) is 13.4. The van der Waals surface area contributed by atoms with Crippen LogP contribution in [0.3, 0.4) is 0 Å². The average Bonchev–Trinajstić information content (AvgIpc) is 2.50. The van der Waals surface area contributed by atoms with Crippen molar-refractivity contribution in [2.75, 3.05) is 20.1 Å². The number of piperazine rings is 1. The molecule has 1 aliphatic rings. The summed E-state index contributed by atoms with van der Waals surface area (Å²) in [6.07, 6.45) is 2.67. The minimum atomic E-state index is -0.315. The number of hydrogen-bond donors (Lipinski definition) is 1. The summed E-state index contributed by atoms with van der Waals surface area (Å²) >= 11 is 3.48. The van der Waals surface area contributed by atoms with Gasteiger partial charge in [-0.2, -0.15) is 0 Å². The number of carbonyl (C=O) groups is 1. The quantitative estimate of drug-likeness (QED) is 0.891. The van der Waals surface area contributed by atoms with Crippen LogP contribution in [-0.4, -0.2) is 35.8 Å². The first-order valence-electron chi connectivity index (χ1n) is 7.65. The van der Waals surface area contributed by atoms with Gasteiger partial charge in [0, 0.05) is 30.0 Å². The van der Waals surface area contributed by atoms with Gasteiger partial charge in [0.1, 0.15) is 6.04 Å². The first kappa shape index (κ1) is 16.9. The van der Waals surface area contributed by atoms with Gasteiger partial charge in [0.25, 0.3) is 0 Å². The van der Waals surface area contributed by atoms with Crippen LogP contribution < -0.4 is 5.73 Å². The molecule has 1 heterocycles. The molecule has 0 aromatic heterocycles. The molecule has 2 unspecified atom stereocenters. The Hall–Kier alpha value is -1.49. The maximum Gasteiger partial charge on any atom is 0.250 e. The molecule has 0 aliphatic carbocycles. The zero-order chi connectivity index (χ0) is 16.3. The van der Waals surface area contributed by atoms with Crippen molar-refractivity contribution in [2.45, 2.75) is 26.3 Å². The first-order chi connectivity index (χ1) is 10.5. The fraction of sp³-hybridized carbons (Fsp3) is 0.471. The normalized spacial score (nSPS) is 22.3. The second-order valence-corrected chi connectivity index (χ2v) is 6.87. The van der Waals surface area contributed by atoms with E-state index in [0.717, 1.165) is 28.7 Å². The zero-order valence-corrected chi connectivity index (χ0v) is 15.0. The number of rotatable bonds is 4. The van der Waals surface area contributed by atoms with Crippen LogP contribution in [0, 0.1) is 5.92 Å². The van der Waals surface area contributed by atoms with Gasteiger partial charge in [0.15, 0.2) is 0 Å². The summed E-state index contributed by atoms with van der Waals surface area (Å²) < 4.78 is 0.975. The number of nitrogens with zero attached hydrogens (tertiary/aromatic N) is 2. The van der Waals surface area contributed by atoms with E-state index < -0.39 is 0 Å². The highest BCUT2D eigenvalue weighted by Crippen LogP contribution is 2.31. The molecule has 0 saturated carbocycles. The number of likely N-dealkylation sites (N-methyl/N-ethyl adjacent to an activating group) is 1.